The predicted octanol–water partition coefficient (Wildman–Crippen LogP) is 5.11. The van der Waals surface area contributed by atoms with Gasteiger partial charge in [-0.15, -0.1) is 10.2 Å². The molecule has 0 spiro atoms. The molecule has 4 rings (SSSR count). The molecule has 1 aliphatic rings. The zero-order valence-corrected chi connectivity index (χ0v) is 18.7. The maximum atomic E-state index is 13.3. The minimum absolute atomic E-state index is 0.0386. The molecule has 2 aromatic heterocycles. The van der Waals surface area contributed by atoms with Crippen molar-refractivity contribution in [2.75, 3.05) is 13.9 Å². The van der Waals surface area contributed by atoms with Gasteiger partial charge in [0.25, 0.3) is 0 Å². The van der Waals surface area contributed by atoms with E-state index in [1.165, 1.54) is 7.11 Å². The number of benzene rings is 1. The summed E-state index contributed by atoms with van der Waals surface area (Å²) in [5, 5.41) is 19.8. The van der Waals surface area contributed by atoms with Crippen molar-refractivity contribution in [2.45, 2.75) is 58.4 Å². The number of aromatic nitrogens is 3. The molecule has 0 atom stereocenters. The second-order valence-corrected chi connectivity index (χ2v) is 8.82. The quantitative estimate of drug-likeness (QED) is 0.548. The molecule has 6 nitrogen and oxygen atoms in total. The minimum Gasteiger partial charge on any atom is -0.467 e. The number of aliphatic hydroxyl groups is 1. The van der Waals surface area contributed by atoms with E-state index in [9.17, 15) is 18.3 Å². The van der Waals surface area contributed by atoms with Gasteiger partial charge in [0.2, 0.25) is 0 Å². The van der Waals surface area contributed by atoms with Gasteiger partial charge in [0, 0.05) is 29.8 Å². The number of halogens is 3. The number of hydrogen-bond donors (Lipinski definition) is 1. The average Bonchev–Trinajstić information content (AvgIpc) is 2.93. The van der Waals surface area contributed by atoms with E-state index >= 15 is 0 Å². The summed E-state index contributed by atoms with van der Waals surface area (Å²) in [4.78, 5) is 0. The molecule has 0 amide bonds. The van der Waals surface area contributed by atoms with Crippen LogP contribution in [0, 0.1) is 20.8 Å². The Morgan fingerprint density at radius 3 is 2.44 bits per heavy atom. The monoisotopic (exact) mass is 449 g/mol. The molecule has 0 saturated heterocycles. The first-order valence-electron chi connectivity index (χ1n) is 10.3. The maximum Gasteiger partial charge on any atom is 0.416 e. The first kappa shape index (κ1) is 22.5. The summed E-state index contributed by atoms with van der Waals surface area (Å²) in [6.07, 6.45) is -3.24. The van der Waals surface area contributed by atoms with Crippen LogP contribution < -0.4 is 4.74 Å². The van der Waals surface area contributed by atoms with Crippen molar-refractivity contribution in [3.8, 4) is 17.0 Å². The number of hydrogen-bond acceptors (Lipinski definition) is 5. The largest absolute Gasteiger partial charge is 0.467 e. The molecule has 3 aromatic rings. The molecule has 1 aromatic carbocycles. The topological polar surface area (TPSA) is 69.4 Å². The summed E-state index contributed by atoms with van der Waals surface area (Å²) >= 11 is 0. The number of rotatable bonds is 5. The summed E-state index contributed by atoms with van der Waals surface area (Å²) in [6.45, 7) is 7.20. The standard InChI is InChI=1S/C23H26F3N3O3/c1-12-6-15(23(24,25)26)7-19(32-11-31-5)20(12)18-8-17-13(2)14(3)29(21(17)28-27-18)16-9-22(4,30)10-16/h6-8,16,30H,9-11H2,1-5H3. The molecular formula is C23H26F3N3O3. The van der Waals surface area contributed by atoms with Gasteiger partial charge in [-0.2, -0.15) is 13.2 Å². The molecule has 1 saturated carbocycles. The summed E-state index contributed by atoms with van der Waals surface area (Å²) in [5.41, 5.74) is 2.53. The zero-order valence-electron chi connectivity index (χ0n) is 18.7. The normalized spacial score (nSPS) is 21.1. The minimum atomic E-state index is -4.50. The Hall–Kier alpha value is -2.65. The third-order valence-electron chi connectivity index (χ3n) is 6.24. The SMILES string of the molecule is COCOc1cc(C(F)(F)F)cc(C)c1-c1cc2c(C)c(C)n(C3CC(C)(O)C3)c2nn1. The Balaban J connectivity index is 1.84. The Morgan fingerprint density at radius 1 is 1.16 bits per heavy atom. The van der Waals surface area contributed by atoms with Crippen LogP contribution in [0.3, 0.4) is 0 Å². The zero-order chi connectivity index (χ0) is 23.4. The van der Waals surface area contributed by atoms with Gasteiger partial charge in [-0.25, -0.2) is 0 Å². The van der Waals surface area contributed by atoms with Crippen molar-refractivity contribution >= 4 is 11.0 Å². The summed E-state index contributed by atoms with van der Waals surface area (Å²) in [5.74, 6) is 0.0386. The smallest absolute Gasteiger partial charge is 0.416 e. The van der Waals surface area contributed by atoms with E-state index in [0.717, 1.165) is 28.8 Å². The van der Waals surface area contributed by atoms with Crippen molar-refractivity contribution < 1.29 is 27.8 Å². The van der Waals surface area contributed by atoms with Crippen LogP contribution in [0.2, 0.25) is 0 Å². The fourth-order valence-electron chi connectivity index (χ4n) is 4.56. The van der Waals surface area contributed by atoms with E-state index in [-0.39, 0.29) is 18.6 Å². The highest BCUT2D eigenvalue weighted by molar-refractivity contribution is 5.86. The number of nitrogens with zero attached hydrogens (tertiary/aromatic N) is 3. The highest BCUT2D eigenvalue weighted by Crippen LogP contribution is 2.45. The van der Waals surface area contributed by atoms with Gasteiger partial charge in [-0.3, -0.25) is 0 Å². The lowest BCUT2D eigenvalue weighted by atomic mass is 9.77. The number of alkyl halides is 3. The lowest BCUT2D eigenvalue weighted by Gasteiger charge is -2.42. The third-order valence-corrected chi connectivity index (χ3v) is 6.24. The van der Waals surface area contributed by atoms with Crippen LogP contribution in [0.5, 0.6) is 5.75 Å². The lowest BCUT2D eigenvalue weighted by molar-refractivity contribution is -0.137. The van der Waals surface area contributed by atoms with E-state index in [0.29, 0.717) is 35.3 Å². The van der Waals surface area contributed by atoms with Crippen LogP contribution in [0.25, 0.3) is 22.3 Å². The predicted molar refractivity (Wildman–Crippen MR) is 114 cm³/mol. The first-order valence-corrected chi connectivity index (χ1v) is 10.3. The van der Waals surface area contributed by atoms with Gasteiger partial charge < -0.3 is 19.1 Å². The molecule has 2 heterocycles. The fourth-order valence-corrected chi connectivity index (χ4v) is 4.56. The molecule has 1 N–H and O–H groups in total. The fraction of sp³-hybridized carbons (Fsp3) is 0.478. The molecule has 0 aliphatic heterocycles. The number of methoxy groups -OCH3 is 1. The molecule has 0 bridgehead atoms. The van der Waals surface area contributed by atoms with Crippen LogP contribution in [-0.2, 0) is 10.9 Å². The molecule has 9 heteroatoms. The van der Waals surface area contributed by atoms with Crippen LogP contribution in [0.15, 0.2) is 18.2 Å². The number of ether oxygens (including phenoxy) is 2. The van der Waals surface area contributed by atoms with E-state index in [2.05, 4.69) is 14.8 Å². The van der Waals surface area contributed by atoms with Crippen LogP contribution >= 0.6 is 0 Å². The first-order chi connectivity index (χ1) is 14.9. The lowest BCUT2D eigenvalue weighted by Crippen LogP contribution is -2.42. The third kappa shape index (κ3) is 3.84. The Bertz CT molecular complexity index is 1180. The average molecular weight is 449 g/mol. The number of fused-ring (bicyclic) bond motifs is 1. The van der Waals surface area contributed by atoms with E-state index in [1.54, 1.807) is 6.92 Å². The molecule has 32 heavy (non-hydrogen) atoms. The Morgan fingerprint density at radius 2 is 1.84 bits per heavy atom. The van der Waals surface area contributed by atoms with E-state index < -0.39 is 17.3 Å². The molecule has 0 radical (unpaired) electrons. The van der Waals surface area contributed by atoms with Gasteiger partial charge in [-0.1, -0.05) is 0 Å². The number of aryl methyl sites for hydroxylation is 2. The van der Waals surface area contributed by atoms with Gasteiger partial charge in [0.05, 0.1) is 16.9 Å². The molecule has 1 fully saturated rings. The van der Waals surface area contributed by atoms with Crippen LogP contribution in [0.4, 0.5) is 13.2 Å². The van der Waals surface area contributed by atoms with Gasteiger partial charge >= 0.3 is 6.18 Å². The second-order valence-electron chi connectivity index (χ2n) is 8.82. The van der Waals surface area contributed by atoms with Gasteiger partial charge in [0.1, 0.15) is 5.75 Å². The molecular weight excluding hydrogens is 423 g/mol. The highest BCUT2D eigenvalue weighted by atomic mass is 19.4. The van der Waals surface area contributed by atoms with Gasteiger partial charge in [-0.05, 0) is 69.9 Å². The summed E-state index contributed by atoms with van der Waals surface area (Å²) < 4.78 is 52.5. The van der Waals surface area contributed by atoms with Crippen molar-refractivity contribution in [1.82, 2.24) is 14.8 Å². The summed E-state index contributed by atoms with van der Waals surface area (Å²) in [6, 6.07) is 4.02. The van der Waals surface area contributed by atoms with Crippen molar-refractivity contribution in [3.05, 3.63) is 40.6 Å². The Kier molecular flexibility index (Phi) is 5.45. The van der Waals surface area contributed by atoms with Crippen LogP contribution in [-0.4, -0.2) is 39.4 Å². The molecule has 1 aliphatic carbocycles. The van der Waals surface area contributed by atoms with E-state index in [4.69, 9.17) is 9.47 Å². The van der Waals surface area contributed by atoms with Crippen molar-refractivity contribution in [1.29, 1.82) is 0 Å². The Labute approximate surface area is 184 Å². The molecule has 0 unspecified atom stereocenters. The molecule has 172 valence electrons. The van der Waals surface area contributed by atoms with Crippen LogP contribution in [0.1, 0.15) is 48.2 Å². The van der Waals surface area contributed by atoms with E-state index in [1.807, 2.05) is 26.8 Å². The second kappa shape index (κ2) is 7.74. The highest BCUT2D eigenvalue weighted by Gasteiger charge is 2.41. The maximum absolute atomic E-state index is 13.3. The van der Waals surface area contributed by atoms with Gasteiger partial charge in [0.15, 0.2) is 12.4 Å². The summed E-state index contributed by atoms with van der Waals surface area (Å²) in [7, 11) is 1.40. The van der Waals surface area contributed by atoms with Crippen molar-refractivity contribution in [3.63, 3.8) is 0 Å². The van der Waals surface area contributed by atoms with Crippen molar-refractivity contribution in [2.24, 2.45) is 0 Å².